The summed E-state index contributed by atoms with van der Waals surface area (Å²) in [6, 6.07) is 0.751. The summed E-state index contributed by atoms with van der Waals surface area (Å²) in [6.45, 7) is 8.89. The van der Waals surface area contributed by atoms with E-state index in [9.17, 15) is 4.79 Å². The van der Waals surface area contributed by atoms with Crippen molar-refractivity contribution in [1.82, 2.24) is 14.7 Å². The maximum atomic E-state index is 12.4. The first-order valence-corrected chi connectivity index (χ1v) is 12.1. The number of rotatable bonds is 13. The maximum Gasteiger partial charge on any atom is 0.223 e. The van der Waals surface area contributed by atoms with Gasteiger partial charge in [0.2, 0.25) is 5.91 Å². The molecule has 1 saturated carbocycles. The van der Waals surface area contributed by atoms with Crippen LogP contribution in [0.5, 0.6) is 0 Å². The standard InChI is InChI=1S/C20H37BrN4OS/c1-6-25(18-8-7-9-18)15-14-24(4)20(26)11-13-23(3)12-10-19(27-5)17(2)22-16-21/h16,18H,6-15H2,1-5H3/b19-17-,22-16?. The van der Waals surface area contributed by atoms with Gasteiger partial charge >= 0.3 is 0 Å². The molecule has 7 heteroatoms. The maximum absolute atomic E-state index is 12.4. The van der Waals surface area contributed by atoms with Crippen LogP contribution >= 0.6 is 27.7 Å². The molecule has 0 aliphatic heterocycles. The molecule has 0 bridgehead atoms. The number of hydrogen-bond acceptors (Lipinski definition) is 5. The monoisotopic (exact) mass is 460 g/mol. The number of thioether (sulfide) groups is 1. The van der Waals surface area contributed by atoms with Gasteiger partial charge in [0, 0.05) is 56.3 Å². The number of likely N-dealkylation sites (N-methyl/N-ethyl adjacent to an activating group) is 2. The Morgan fingerprint density at radius 3 is 2.37 bits per heavy atom. The molecule has 0 aromatic carbocycles. The van der Waals surface area contributed by atoms with Crippen LogP contribution in [-0.4, -0.2) is 84.8 Å². The Hall–Kier alpha value is -0.370. The molecule has 0 N–H and O–H groups in total. The van der Waals surface area contributed by atoms with Crippen LogP contribution in [0.15, 0.2) is 15.6 Å². The van der Waals surface area contributed by atoms with Crippen LogP contribution in [0, 0.1) is 0 Å². The number of aliphatic imine (C=N–C) groups is 1. The minimum atomic E-state index is 0.243. The van der Waals surface area contributed by atoms with Crippen molar-refractivity contribution < 1.29 is 4.79 Å². The van der Waals surface area contributed by atoms with Gasteiger partial charge in [0.1, 0.15) is 0 Å². The molecule has 0 atom stereocenters. The van der Waals surface area contributed by atoms with E-state index < -0.39 is 0 Å². The van der Waals surface area contributed by atoms with Crippen molar-refractivity contribution in [2.24, 2.45) is 4.99 Å². The molecule has 27 heavy (non-hydrogen) atoms. The topological polar surface area (TPSA) is 39.1 Å². The third-order valence-corrected chi connectivity index (χ3v) is 6.66. The third-order valence-electron chi connectivity index (χ3n) is 5.47. The number of carbonyl (C=O) groups is 1. The van der Waals surface area contributed by atoms with Crippen LogP contribution < -0.4 is 0 Å². The molecule has 156 valence electrons. The number of hydrogen-bond donors (Lipinski definition) is 0. The lowest BCUT2D eigenvalue weighted by atomic mass is 9.91. The Kier molecular flexibility index (Phi) is 12.6. The fourth-order valence-corrected chi connectivity index (χ4v) is 4.16. The number of carbonyl (C=O) groups excluding carboxylic acids is 1. The van der Waals surface area contributed by atoms with E-state index in [4.69, 9.17) is 0 Å². The van der Waals surface area contributed by atoms with Crippen molar-refractivity contribution in [2.75, 3.05) is 53.1 Å². The van der Waals surface area contributed by atoms with E-state index in [1.54, 1.807) is 16.9 Å². The Balaban J connectivity index is 2.30. The molecule has 1 amide bonds. The van der Waals surface area contributed by atoms with Crippen molar-refractivity contribution >= 4 is 38.7 Å². The molecule has 5 nitrogen and oxygen atoms in total. The summed E-state index contributed by atoms with van der Waals surface area (Å²) in [5.41, 5.74) is 1.05. The van der Waals surface area contributed by atoms with E-state index in [-0.39, 0.29) is 5.91 Å². The van der Waals surface area contributed by atoms with Crippen molar-refractivity contribution in [2.45, 2.75) is 52.0 Å². The molecular weight excluding hydrogens is 424 g/mol. The normalized spacial score (nSPS) is 16.1. The van der Waals surface area contributed by atoms with E-state index in [0.717, 1.165) is 50.9 Å². The van der Waals surface area contributed by atoms with Crippen LogP contribution in [0.1, 0.15) is 46.0 Å². The summed E-state index contributed by atoms with van der Waals surface area (Å²) in [7, 11) is 4.02. The molecule has 1 aliphatic carbocycles. The molecular formula is C20H37BrN4OS. The van der Waals surface area contributed by atoms with E-state index >= 15 is 0 Å². The first kappa shape index (κ1) is 24.7. The quantitative estimate of drug-likeness (QED) is 0.388. The van der Waals surface area contributed by atoms with E-state index in [2.05, 4.69) is 50.9 Å². The zero-order valence-corrected chi connectivity index (χ0v) is 20.1. The second kappa shape index (κ2) is 13.7. The molecule has 0 aromatic heterocycles. The van der Waals surface area contributed by atoms with Crippen LogP contribution in [0.25, 0.3) is 0 Å². The van der Waals surface area contributed by atoms with Crippen LogP contribution in [0.3, 0.4) is 0 Å². The summed E-state index contributed by atoms with van der Waals surface area (Å²) < 4.78 is 0. The van der Waals surface area contributed by atoms with Crippen molar-refractivity contribution in [3.8, 4) is 0 Å². The lowest BCUT2D eigenvalue weighted by Crippen LogP contribution is -2.44. The molecule has 0 aromatic rings. The Labute approximate surface area is 178 Å². The summed E-state index contributed by atoms with van der Waals surface area (Å²) in [5.74, 6) is 0.243. The molecule has 0 unspecified atom stereocenters. The molecule has 0 saturated heterocycles. The smallest absolute Gasteiger partial charge is 0.223 e. The Bertz CT molecular complexity index is 508. The van der Waals surface area contributed by atoms with Gasteiger partial charge in [-0.2, -0.15) is 0 Å². The molecule has 0 heterocycles. The zero-order chi connectivity index (χ0) is 20.2. The highest BCUT2D eigenvalue weighted by atomic mass is 79.9. The largest absolute Gasteiger partial charge is 0.344 e. The van der Waals surface area contributed by atoms with Gasteiger partial charge in [-0.3, -0.25) is 14.7 Å². The highest BCUT2D eigenvalue weighted by Crippen LogP contribution is 2.24. The Morgan fingerprint density at radius 1 is 1.19 bits per heavy atom. The highest BCUT2D eigenvalue weighted by molar-refractivity contribution is 9.17. The van der Waals surface area contributed by atoms with Gasteiger partial charge in [0.25, 0.3) is 0 Å². The minimum Gasteiger partial charge on any atom is -0.344 e. The van der Waals surface area contributed by atoms with Gasteiger partial charge in [0.15, 0.2) is 0 Å². The number of allylic oxidation sites excluding steroid dienone is 1. The van der Waals surface area contributed by atoms with Gasteiger partial charge in [-0.15, -0.1) is 11.8 Å². The number of nitrogens with zero attached hydrogens (tertiary/aromatic N) is 4. The van der Waals surface area contributed by atoms with Gasteiger partial charge in [-0.25, -0.2) is 0 Å². The predicted octanol–water partition coefficient (Wildman–Crippen LogP) is 4.05. The summed E-state index contributed by atoms with van der Waals surface area (Å²) >= 11 is 4.98. The third kappa shape index (κ3) is 9.11. The highest BCUT2D eigenvalue weighted by Gasteiger charge is 2.23. The SMILES string of the molecule is CCN(CCN(C)C(=O)CCN(C)CC/C(SC)=C(\C)N=CBr)C1CCC1. The average Bonchev–Trinajstić information content (AvgIpc) is 2.61. The first-order valence-electron chi connectivity index (χ1n) is 9.95. The van der Waals surface area contributed by atoms with E-state index in [0.29, 0.717) is 6.42 Å². The Morgan fingerprint density at radius 2 is 1.85 bits per heavy atom. The zero-order valence-electron chi connectivity index (χ0n) is 17.7. The fourth-order valence-electron chi connectivity index (χ4n) is 3.21. The number of halogens is 1. The van der Waals surface area contributed by atoms with Gasteiger partial charge in [-0.05, 0) is 62.0 Å². The molecule has 0 spiro atoms. The van der Waals surface area contributed by atoms with Crippen molar-refractivity contribution in [3.05, 3.63) is 10.6 Å². The molecule has 1 aliphatic rings. The average molecular weight is 462 g/mol. The summed E-state index contributed by atoms with van der Waals surface area (Å²) in [6.07, 6.45) is 7.64. The fraction of sp³-hybridized carbons (Fsp3) is 0.800. The molecule has 1 rings (SSSR count). The number of amides is 1. The molecule has 0 radical (unpaired) electrons. The lowest BCUT2D eigenvalue weighted by Gasteiger charge is -2.37. The summed E-state index contributed by atoms with van der Waals surface area (Å²) in [5, 5.41) is 1.65. The van der Waals surface area contributed by atoms with Crippen LogP contribution in [0.4, 0.5) is 0 Å². The van der Waals surface area contributed by atoms with Crippen molar-refractivity contribution in [1.29, 1.82) is 0 Å². The first-order chi connectivity index (χ1) is 12.9. The summed E-state index contributed by atoms with van der Waals surface area (Å²) in [4.78, 5) is 24.7. The molecule has 1 fully saturated rings. The second-order valence-electron chi connectivity index (χ2n) is 7.27. The van der Waals surface area contributed by atoms with Gasteiger partial charge in [0.05, 0.1) is 5.12 Å². The van der Waals surface area contributed by atoms with Gasteiger partial charge < -0.3 is 9.80 Å². The van der Waals surface area contributed by atoms with E-state index in [1.165, 1.54) is 24.2 Å². The predicted molar refractivity (Wildman–Crippen MR) is 123 cm³/mol. The second-order valence-corrected chi connectivity index (χ2v) is 8.58. The van der Waals surface area contributed by atoms with Gasteiger partial charge in [-0.1, -0.05) is 13.3 Å². The minimum absolute atomic E-state index is 0.243. The van der Waals surface area contributed by atoms with Crippen LogP contribution in [-0.2, 0) is 4.79 Å². The van der Waals surface area contributed by atoms with Crippen molar-refractivity contribution in [3.63, 3.8) is 0 Å². The van der Waals surface area contributed by atoms with E-state index in [1.807, 2.05) is 18.9 Å². The van der Waals surface area contributed by atoms with Crippen LogP contribution in [0.2, 0.25) is 0 Å². The lowest BCUT2D eigenvalue weighted by molar-refractivity contribution is -0.130.